The highest BCUT2D eigenvalue weighted by atomic mass is 35.5. The van der Waals surface area contributed by atoms with Crippen LogP contribution in [0.2, 0.25) is 5.02 Å². The first-order chi connectivity index (χ1) is 10.0. The summed E-state index contributed by atoms with van der Waals surface area (Å²) in [5.74, 6) is 0.143. The Morgan fingerprint density at radius 3 is 2.86 bits per heavy atom. The summed E-state index contributed by atoms with van der Waals surface area (Å²) in [5, 5.41) is 15.8. The molecule has 0 saturated heterocycles. The van der Waals surface area contributed by atoms with Crippen molar-refractivity contribution in [3.8, 4) is 0 Å². The Balaban J connectivity index is 1.75. The molecule has 1 heterocycles. The molecule has 1 aromatic carbocycles. The normalized spacial score (nSPS) is 14.0. The molecule has 1 aliphatic carbocycles. The number of nitro groups is 1. The fourth-order valence-electron chi connectivity index (χ4n) is 1.88. The van der Waals surface area contributed by atoms with Crippen LogP contribution in [0.1, 0.15) is 34.8 Å². The molecule has 1 aromatic heterocycles. The molecule has 108 valence electrons. The van der Waals surface area contributed by atoms with E-state index in [9.17, 15) is 14.9 Å². The minimum atomic E-state index is -0.591. The van der Waals surface area contributed by atoms with Crippen LogP contribution < -0.4 is 5.32 Å². The van der Waals surface area contributed by atoms with Gasteiger partial charge in [-0.05, 0) is 25.0 Å². The van der Waals surface area contributed by atoms with Crippen LogP contribution in [-0.2, 0) is 0 Å². The van der Waals surface area contributed by atoms with Crippen LogP contribution in [0.15, 0.2) is 23.6 Å². The summed E-state index contributed by atoms with van der Waals surface area (Å²) < 4.78 is 0. The summed E-state index contributed by atoms with van der Waals surface area (Å²) in [5.41, 5.74) is 1.05. The number of anilines is 1. The van der Waals surface area contributed by atoms with Crippen molar-refractivity contribution >= 4 is 39.7 Å². The molecule has 1 amide bonds. The van der Waals surface area contributed by atoms with Gasteiger partial charge >= 0.3 is 0 Å². The maximum absolute atomic E-state index is 12.1. The molecule has 21 heavy (non-hydrogen) atoms. The number of aromatic nitrogens is 1. The topological polar surface area (TPSA) is 85.1 Å². The van der Waals surface area contributed by atoms with Gasteiger partial charge in [-0.2, -0.15) is 0 Å². The van der Waals surface area contributed by atoms with Crippen molar-refractivity contribution in [1.82, 2.24) is 4.98 Å². The number of hydrogen-bond acceptors (Lipinski definition) is 5. The first-order valence-corrected chi connectivity index (χ1v) is 7.51. The number of thiazole rings is 1. The van der Waals surface area contributed by atoms with Crippen LogP contribution in [0, 0.1) is 10.1 Å². The third-order valence-electron chi connectivity index (χ3n) is 3.14. The highest BCUT2D eigenvalue weighted by Crippen LogP contribution is 2.40. The number of hydrogen-bond donors (Lipinski definition) is 1. The second-order valence-corrected chi connectivity index (χ2v) is 5.99. The lowest BCUT2D eigenvalue weighted by atomic mass is 10.2. The zero-order chi connectivity index (χ0) is 15.0. The molecule has 0 radical (unpaired) electrons. The molecule has 1 fully saturated rings. The van der Waals surface area contributed by atoms with Crippen LogP contribution in [0.4, 0.5) is 10.8 Å². The van der Waals surface area contributed by atoms with Gasteiger partial charge in [-0.25, -0.2) is 4.98 Å². The van der Waals surface area contributed by atoms with Gasteiger partial charge in [-0.1, -0.05) is 11.6 Å². The van der Waals surface area contributed by atoms with Gasteiger partial charge in [0.25, 0.3) is 11.6 Å². The van der Waals surface area contributed by atoms with E-state index >= 15 is 0 Å². The number of nitrogens with one attached hydrogen (secondary N) is 1. The standard InChI is InChI=1S/C13H10ClN3O3S/c14-9-5-8(3-4-11(9)17(19)20)12(18)16-13-15-10(6-21-13)7-1-2-7/h3-7H,1-2H2,(H,15,16,18). The summed E-state index contributed by atoms with van der Waals surface area (Å²) >= 11 is 7.16. The zero-order valence-electron chi connectivity index (χ0n) is 10.7. The summed E-state index contributed by atoms with van der Waals surface area (Å²) in [6.07, 6.45) is 2.30. The molecule has 0 atom stereocenters. The molecule has 8 heteroatoms. The van der Waals surface area contributed by atoms with Gasteiger partial charge in [0, 0.05) is 22.9 Å². The average molecular weight is 324 g/mol. The van der Waals surface area contributed by atoms with Gasteiger partial charge < -0.3 is 0 Å². The van der Waals surface area contributed by atoms with E-state index in [1.54, 1.807) is 0 Å². The SMILES string of the molecule is O=C(Nc1nc(C2CC2)cs1)c1ccc([N+](=O)[O-])c(Cl)c1. The van der Waals surface area contributed by atoms with Crippen molar-refractivity contribution in [3.63, 3.8) is 0 Å². The molecule has 2 aromatic rings. The Bertz CT molecular complexity index is 727. The molecule has 0 unspecified atom stereocenters. The Hall–Kier alpha value is -1.99. The summed E-state index contributed by atoms with van der Waals surface area (Å²) in [6.45, 7) is 0. The van der Waals surface area contributed by atoms with Gasteiger partial charge in [-0.3, -0.25) is 20.2 Å². The van der Waals surface area contributed by atoms with Gasteiger partial charge in [-0.15, -0.1) is 11.3 Å². The van der Waals surface area contributed by atoms with E-state index in [0.717, 1.165) is 18.5 Å². The molecule has 3 rings (SSSR count). The van der Waals surface area contributed by atoms with Crippen LogP contribution >= 0.6 is 22.9 Å². The van der Waals surface area contributed by atoms with Crippen molar-refractivity contribution < 1.29 is 9.72 Å². The average Bonchev–Trinajstić information content (AvgIpc) is 3.19. The number of nitrogens with zero attached hydrogens (tertiary/aromatic N) is 2. The van der Waals surface area contributed by atoms with Crippen molar-refractivity contribution in [2.45, 2.75) is 18.8 Å². The van der Waals surface area contributed by atoms with Crippen LogP contribution in [0.3, 0.4) is 0 Å². The van der Waals surface area contributed by atoms with E-state index < -0.39 is 4.92 Å². The Kier molecular flexibility index (Phi) is 3.60. The lowest BCUT2D eigenvalue weighted by Gasteiger charge is -2.02. The van der Waals surface area contributed by atoms with Crippen molar-refractivity contribution in [1.29, 1.82) is 0 Å². The molecule has 1 aliphatic rings. The van der Waals surface area contributed by atoms with E-state index in [1.807, 2.05) is 5.38 Å². The van der Waals surface area contributed by atoms with Crippen molar-refractivity contribution in [3.05, 3.63) is 50.0 Å². The second-order valence-electron chi connectivity index (χ2n) is 4.73. The Labute approximate surface area is 128 Å². The molecule has 0 aliphatic heterocycles. The highest BCUT2D eigenvalue weighted by Gasteiger charge is 2.26. The first-order valence-electron chi connectivity index (χ1n) is 6.25. The number of benzene rings is 1. The minimum absolute atomic E-state index is 0.0644. The lowest BCUT2D eigenvalue weighted by molar-refractivity contribution is -0.384. The maximum atomic E-state index is 12.1. The molecular formula is C13H10ClN3O3S. The fraction of sp³-hybridized carbons (Fsp3) is 0.231. The van der Waals surface area contributed by atoms with Crippen LogP contribution in [-0.4, -0.2) is 15.8 Å². The van der Waals surface area contributed by atoms with Crippen molar-refractivity contribution in [2.24, 2.45) is 0 Å². The monoisotopic (exact) mass is 323 g/mol. The number of carbonyl (C=O) groups excluding carboxylic acids is 1. The predicted molar refractivity (Wildman–Crippen MR) is 80.1 cm³/mol. The van der Waals surface area contributed by atoms with Crippen LogP contribution in [0.25, 0.3) is 0 Å². The van der Waals surface area contributed by atoms with E-state index in [1.165, 1.54) is 29.5 Å². The third kappa shape index (κ3) is 3.03. The van der Waals surface area contributed by atoms with Gasteiger partial charge in [0.05, 0.1) is 10.6 Å². The smallest absolute Gasteiger partial charge is 0.287 e. The van der Waals surface area contributed by atoms with E-state index in [2.05, 4.69) is 10.3 Å². The van der Waals surface area contributed by atoms with E-state index in [0.29, 0.717) is 11.0 Å². The first kappa shape index (κ1) is 14.0. The van der Waals surface area contributed by atoms with Crippen molar-refractivity contribution in [2.75, 3.05) is 5.32 Å². The predicted octanol–water partition coefficient (Wildman–Crippen LogP) is 3.83. The van der Waals surface area contributed by atoms with E-state index in [4.69, 9.17) is 11.6 Å². The molecule has 0 bridgehead atoms. The summed E-state index contributed by atoms with van der Waals surface area (Å²) in [6, 6.07) is 3.87. The number of nitro benzene ring substituents is 1. The number of halogens is 1. The zero-order valence-corrected chi connectivity index (χ0v) is 12.3. The van der Waals surface area contributed by atoms with Gasteiger partial charge in [0.15, 0.2) is 5.13 Å². The second kappa shape index (κ2) is 5.42. The Morgan fingerprint density at radius 2 is 2.24 bits per heavy atom. The van der Waals surface area contributed by atoms with Crippen LogP contribution in [0.5, 0.6) is 0 Å². The van der Waals surface area contributed by atoms with E-state index in [-0.39, 0.29) is 22.2 Å². The highest BCUT2D eigenvalue weighted by molar-refractivity contribution is 7.14. The number of rotatable bonds is 4. The Morgan fingerprint density at radius 1 is 1.48 bits per heavy atom. The lowest BCUT2D eigenvalue weighted by Crippen LogP contribution is -2.11. The number of carbonyl (C=O) groups is 1. The number of amides is 1. The summed E-state index contributed by atoms with van der Waals surface area (Å²) in [4.78, 5) is 26.5. The molecular weight excluding hydrogens is 314 g/mol. The molecule has 1 saturated carbocycles. The molecule has 6 nitrogen and oxygen atoms in total. The largest absolute Gasteiger partial charge is 0.298 e. The van der Waals surface area contributed by atoms with Gasteiger partial charge in [0.1, 0.15) is 5.02 Å². The molecule has 1 N–H and O–H groups in total. The third-order valence-corrected chi connectivity index (χ3v) is 4.22. The molecule has 0 spiro atoms. The van der Waals surface area contributed by atoms with Gasteiger partial charge in [0.2, 0.25) is 0 Å². The quantitative estimate of drug-likeness (QED) is 0.684. The summed E-state index contributed by atoms with van der Waals surface area (Å²) in [7, 11) is 0. The fourth-order valence-corrected chi connectivity index (χ4v) is 2.91. The minimum Gasteiger partial charge on any atom is -0.298 e. The maximum Gasteiger partial charge on any atom is 0.287 e.